The zero-order valence-corrected chi connectivity index (χ0v) is 10.9. The molecule has 0 bridgehead atoms. The number of hydrogen-bond donors (Lipinski definition) is 2. The van der Waals surface area contributed by atoms with Gasteiger partial charge in [-0.3, -0.25) is 4.68 Å². The highest BCUT2D eigenvalue weighted by atomic mass is 16.3. The number of nitrogens with one attached hydrogen (secondary N) is 1. The second kappa shape index (κ2) is 5.41. The maximum Gasteiger partial charge on any atom is 0.0762 e. The maximum atomic E-state index is 9.22. The van der Waals surface area contributed by atoms with Gasteiger partial charge in [0.1, 0.15) is 0 Å². The molecule has 18 heavy (non-hydrogen) atoms. The van der Waals surface area contributed by atoms with Crippen molar-refractivity contribution in [2.75, 3.05) is 6.54 Å². The number of aliphatic hydroxyl groups is 1. The minimum atomic E-state index is -0.0432. The van der Waals surface area contributed by atoms with Gasteiger partial charge >= 0.3 is 0 Å². The molecule has 2 fully saturated rings. The van der Waals surface area contributed by atoms with E-state index < -0.39 is 0 Å². The minimum absolute atomic E-state index is 0.0432. The molecule has 3 rings (SSSR count). The second-order valence-corrected chi connectivity index (χ2v) is 5.85. The van der Waals surface area contributed by atoms with Crippen LogP contribution in [0.5, 0.6) is 0 Å². The standard InChI is InChI=1S/C14H23N3O/c18-14-7-11(8-14)9-15-10-12-5-6-17(16-12)13-3-1-2-4-13/h5-6,11,13-15,18H,1-4,7-10H2. The van der Waals surface area contributed by atoms with Crippen LogP contribution >= 0.6 is 0 Å². The van der Waals surface area contributed by atoms with Gasteiger partial charge < -0.3 is 10.4 Å². The van der Waals surface area contributed by atoms with Crippen molar-refractivity contribution >= 4 is 0 Å². The Balaban J connectivity index is 1.42. The molecule has 100 valence electrons. The summed E-state index contributed by atoms with van der Waals surface area (Å²) in [5, 5.41) is 17.3. The Morgan fingerprint density at radius 2 is 2.11 bits per heavy atom. The van der Waals surface area contributed by atoms with Gasteiger partial charge in [-0.05, 0) is 44.2 Å². The molecule has 0 aromatic carbocycles. The van der Waals surface area contributed by atoms with Gasteiger partial charge in [-0.15, -0.1) is 0 Å². The number of aliphatic hydroxyl groups excluding tert-OH is 1. The van der Waals surface area contributed by atoms with E-state index >= 15 is 0 Å². The van der Waals surface area contributed by atoms with E-state index in [2.05, 4.69) is 27.4 Å². The summed E-state index contributed by atoms with van der Waals surface area (Å²) in [6.07, 6.45) is 9.28. The molecule has 0 unspecified atom stereocenters. The zero-order valence-electron chi connectivity index (χ0n) is 10.9. The van der Waals surface area contributed by atoms with Crippen molar-refractivity contribution in [1.29, 1.82) is 0 Å². The van der Waals surface area contributed by atoms with Crippen molar-refractivity contribution in [3.63, 3.8) is 0 Å². The molecule has 2 N–H and O–H groups in total. The predicted octanol–water partition coefficient (Wildman–Crippen LogP) is 1.86. The lowest BCUT2D eigenvalue weighted by Gasteiger charge is -2.31. The maximum absolute atomic E-state index is 9.22. The molecule has 2 saturated carbocycles. The molecule has 2 aliphatic rings. The van der Waals surface area contributed by atoms with Crippen molar-refractivity contribution in [2.24, 2.45) is 5.92 Å². The van der Waals surface area contributed by atoms with Gasteiger partial charge in [0.15, 0.2) is 0 Å². The highest BCUT2D eigenvalue weighted by Crippen LogP contribution is 2.29. The highest BCUT2D eigenvalue weighted by molar-refractivity contribution is 5.00. The first-order valence-corrected chi connectivity index (χ1v) is 7.24. The van der Waals surface area contributed by atoms with Crippen molar-refractivity contribution in [1.82, 2.24) is 15.1 Å². The topological polar surface area (TPSA) is 50.1 Å². The third-order valence-electron chi connectivity index (χ3n) is 4.31. The van der Waals surface area contributed by atoms with Crippen LogP contribution < -0.4 is 5.32 Å². The van der Waals surface area contributed by atoms with Crippen LogP contribution in [-0.4, -0.2) is 27.5 Å². The molecule has 2 aliphatic carbocycles. The number of aromatic nitrogens is 2. The van der Waals surface area contributed by atoms with Crippen LogP contribution in [0, 0.1) is 5.92 Å². The van der Waals surface area contributed by atoms with Gasteiger partial charge in [0, 0.05) is 12.7 Å². The Hall–Kier alpha value is -0.870. The third-order valence-corrected chi connectivity index (χ3v) is 4.31. The van der Waals surface area contributed by atoms with Crippen molar-refractivity contribution in [3.05, 3.63) is 18.0 Å². The molecule has 1 heterocycles. The predicted molar refractivity (Wildman–Crippen MR) is 70.2 cm³/mol. The summed E-state index contributed by atoms with van der Waals surface area (Å²) in [6, 6.07) is 2.77. The number of nitrogens with zero attached hydrogens (tertiary/aromatic N) is 2. The van der Waals surface area contributed by atoms with Gasteiger partial charge in [0.2, 0.25) is 0 Å². The van der Waals surface area contributed by atoms with Crippen LogP contribution in [0.15, 0.2) is 12.3 Å². The lowest BCUT2D eigenvalue weighted by atomic mass is 9.82. The van der Waals surface area contributed by atoms with Gasteiger partial charge in [-0.25, -0.2) is 0 Å². The Kier molecular flexibility index (Phi) is 3.66. The van der Waals surface area contributed by atoms with E-state index in [-0.39, 0.29) is 6.10 Å². The SMILES string of the molecule is OC1CC(CNCc2ccn(C3CCCC3)n2)C1. The largest absolute Gasteiger partial charge is 0.393 e. The minimum Gasteiger partial charge on any atom is -0.393 e. The van der Waals surface area contributed by atoms with Crippen molar-refractivity contribution < 1.29 is 5.11 Å². The number of hydrogen-bond acceptors (Lipinski definition) is 3. The van der Waals surface area contributed by atoms with E-state index in [9.17, 15) is 5.11 Å². The summed E-state index contributed by atoms with van der Waals surface area (Å²) < 4.78 is 2.15. The Morgan fingerprint density at radius 3 is 2.83 bits per heavy atom. The fourth-order valence-corrected chi connectivity index (χ4v) is 3.12. The van der Waals surface area contributed by atoms with Crippen molar-refractivity contribution in [3.8, 4) is 0 Å². The molecule has 0 saturated heterocycles. The van der Waals surface area contributed by atoms with E-state index in [1.165, 1.54) is 25.7 Å². The highest BCUT2D eigenvalue weighted by Gasteiger charge is 2.26. The van der Waals surface area contributed by atoms with E-state index in [1.54, 1.807) is 0 Å². The second-order valence-electron chi connectivity index (χ2n) is 5.85. The van der Waals surface area contributed by atoms with E-state index in [0.29, 0.717) is 12.0 Å². The van der Waals surface area contributed by atoms with E-state index in [0.717, 1.165) is 31.6 Å². The zero-order chi connectivity index (χ0) is 12.4. The van der Waals surface area contributed by atoms with Gasteiger partial charge in [-0.2, -0.15) is 5.10 Å². The summed E-state index contributed by atoms with van der Waals surface area (Å²) in [5.74, 6) is 0.664. The van der Waals surface area contributed by atoms with Crippen LogP contribution in [0.4, 0.5) is 0 Å². The molecule has 1 aromatic heterocycles. The van der Waals surface area contributed by atoms with Crippen LogP contribution in [0.3, 0.4) is 0 Å². The third kappa shape index (κ3) is 2.75. The Labute approximate surface area is 108 Å². The summed E-state index contributed by atoms with van der Waals surface area (Å²) in [6.45, 7) is 1.86. The summed E-state index contributed by atoms with van der Waals surface area (Å²) in [5.41, 5.74) is 1.14. The molecular weight excluding hydrogens is 226 g/mol. The molecule has 4 nitrogen and oxygen atoms in total. The van der Waals surface area contributed by atoms with Crippen LogP contribution in [-0.2, 0) is 6.54 Å². The van der Waals surface area contributed by atoms with Crippen LogP contribution in [0.25, 0.3) is 0 Å². The number of rotatable bonds is 5. The molecule has 0 spiro atoms. The molecule has 0 amide bonds. The first-order chi connectivity index (χ1) is 8.81. The fraction of sp³-hybridized carbons (Fsp3) is 0.786. The monoisotopic (exact) mass is 249 g/mol. The summed E-state index contributed by atoms with van der Waals surface area (Å²) >= 11 is 0. The average molecular weight is 249 g/mol. The van der Waals surface area contributed by atoms with Gasteiger partial charge in [0.05, 0.1) is 17.8 Å². The molecular formula is C14H23N3O. The first kappa shape index (κ1) is 12.2. The fourth-order valence-electron chi connectivity index (χ4n) is 3.12. The Morgan fingerprint density at radius 1 is 1.33 bits per heavy atom. The lowest BCUT2D eigenvalue weighted by Crippen LogP contribution is -2.35. The first-order valence-electron chi connectivity index (χ1n) is 7.24. The normalized spacial score (nSPS) is 28.5. The smallest absolute Gasteiger partial charge is 0.0762 e. The lowest BCUT2D eigenvalue weighted by molar-refractivity contribution is 0.0429. The van der Waals surface area contributed by atoms with Crippen LogP contribution in [0.2, 0.25) is 0 Å². The average Bonchev–Trinajstić information content (AvgIpc) is 2.96. The van der Waals surface area contributed by atoms with E-state index in [1.807, 2.05) is 0 Å². The quantitative estimate of drug-likeness (QED) is 0.837. The van der Waals surface area contributed by atoms with Crippen molar-refractivity contribution in [2.45, 2.75) is 57.2 Å². The molecule has 1 aromatic rings. The van der Waals surface area contributed by atoms with Gasteiger partial charge in [0.25, 0.3) is 0 Å². The summed E-state index contributed by atoms with van der Waals surface area (Å²) in [7, 11) is 0. The Bertz CT molecular complexity index is 378. The molecule has 0 radical (unpaired) electrons. The van der Waals surface area contributed by atoms with E-state index in [4.69, 9.17) is 0 Å². The molecule has 0 atom stereocenters. The molecule has 4 heteroatoms. The molecule has 0 aliphatic heterocycles. The van der Waals surface area contributed by atoms with Gasteiger partial charge in [-0.1, -0.05) is 12.8 Å². The van der Waals surface area contributed by atoms with Crippen LogP contribution in [0.1, 0.15) is 50.3 Å². The summed E-state index contributed by atoms with van der Waals surface area (Å²) in [4.78, 5) is 0.